The summed E-state index contributed by atoms with van der Waals surface area (Å²) in [6, 6.07) is 23.2. The van der Waals surface area contributed by atoms with Gasteiger partial charge in [0.1, 0.15) is 17.2 Å². The molecule has 2 heterocycles. The van der Waals surface area contributed by atoms with E-state index < -0.39 is 0 Å². The quantitative estimate of drug-likeness (QED) is 0.365. The molecule has 0 unspecified atom stereocenters. The molecule has 9 nitrogen and oxygen atoms in total. The normalized spacial score (nSPS) is 16.3. The number of rotatable bonds is 8. The molecule has 0 spiro atoms. The monoisotopic (exact) mass is 499 g/mol. The lowest BCUT2D eigenvalue weighted by atomic mass is 9.93. The molecule has 1 amide bonds. The third kappa shape index (κ3) is 5.35. The summed E-state index contributed by atoms with van der Waals surface area (Å²) < 4.78 is 17.7. The van der Waals surface area contributed by atoms with Crippen molar-refractivity contribution in [1.82, 2.24) is 14.8 Å². The number of benzene rings is 3. The maximum Gasteiger partial charge on any atom is 0.250 e. The fraction of sp³-hybridized carbons (Fsp3) is 0.250. The van der Waals surface area contributed by atoms with Crippen molar-refractivity contribution < 1.29 is 19.0 Å². The van der Waals surface area contributed by atoms with Gasteiger partial charge in [0.15, 0.2) is 0 Å². The Morgan fingerprint density at radius 3 is 1.97 bits per heavy atom. The number of carbonyl (C=O) groups is 1. The molecule has 1 aliphatic heterocycles. The second-order valence-electron chi connectivity index (χ2n) is 8.77. The van der Waals surface area contributed by atoms with Crippen LogP contribution >= 0.6 is 0 Å². The van der Waals surface area contributed by atoms with E-state index >= 15 is 0 Å². The van der Waals surface area contributed by atoms with Crippen LogP contribution in [0.1, 0.15) is 35.2 Å². The smallest absolute Gasteiger partial charge is 0.250 e. The number of carbonyl (C=O) groups excluding carboxylic acids is 1. The number of nitrogens with one attached hydrogen (secondary N) is 2. The first kappa shape index (κ1) is 24.2. The van der Waals surface area contributed by atoms with Crippen LogP contribution in [0.5, 0.6) is 17.2 Å². The van der Waals surface area contributed by atoms with Crippen molar-refractivity contribution in [2.45, 2.75) is 24.9 Å². The summed E-state index contributed by atoms with van der Waals surface area (Å²) in [4.78, 5) is 17.4. The summed E-state index contributed by atoms with van der Waals surface area (Å²) in [6.45, 7) is 0. The van der Waals surface area contributed by atoms with Crippen LogP contribution in [0.3, 0.4) is 0 Å². The molecule has 1 aliphatic rings. The third-order valence-corrected chi connectivity index (χ3v) is 6.48. The third-order valence-electron chi connectivity index (χ3n) is 6.48. The minimum Gasteiger partial charge on any atom is -0.497 e. The molecular formula is C28H29N5O4. The molecule has 1 aromatic heterocycles. The maximum atomic E-state index is 12.7. The van der Waals surface area contributed by atoms with Crippen molar-refractivity contribution in [2.75, 3.05) is 32.0 Å². The highest BCUT2D eigenvalue weighted by Crippen LogP contribution is 2.39. The van der Waals surface area contributed by atoms with Crippen molar-refractivity contribution in [2.24, 2.45) is 0 Å². The zero-order valence-corrected chi connectivity index (χ0v) is 21.0. The van der Waals surface area contributed by atoms with Crippen molar-refractivity contribution in [3.63, 3.8) is 0 Å². The van der Waals surface area contributed by atoms with Gasteiger partial charge >= 0.3 is 0 Å². The Hall–Kier alpha value is -4.53. The van der Waals surface area contributed by atoms with Crippen LogP contribution in [0.25, 0.3) is 0 Å². The van der Waals surface area contributed by atoms with E-state index in [0.717, 1.165) is 40.4 Å². The number of methoxy groups -OCH3 is 3. The largest absolute Gasteiger partial charge is 0.497 e. The van der Waals surface area contributed by atoms with Gasteiger partial charge in [-0.2, -0.15) is 4.98 Å². The molecule has 0 saturated carbocycles. The summed E-state index contributed by atoms with van der Waals surface area (Å²) in [5.41, 5.74) is 3.05. The summed E-state index contributed by atoms with van der Waals surface area (Å²) in [5, 5.41) is 11.0. The molecule has 2 atom stereocenters. The van der Waals surface area contributed by atoms with Gasteiger partial charge in [-0.1, -0.05) is 36.4 Å². The Morgan fingerprint density at radius 2 is 1.41 bits per heavy atom. The van der Waals surface area contributed by atoms with Crippen LogP contribution in [-0.4, -0.2) is 42.0 Å². The molecule has 0 aliphatic carbocycles. The van der Waals surface area contributed by atoms with Crippen LogP contribution in [0.15, 0.2) is 72.8 Å². The number of anilines is 2. The van der Waals surface area contributed by atoms with Gasteiger partial charge in [-0.25, -0.2) is 4.68 Å². The molecule has 3 aromatic carbocycles. The first-order valence-corrected chi connectivity index (χ1v) is 12.0. The molecule has 0 fully saturated rings. The van der Waals surface area contributed by atoms with Crippen LogP contribution in [-0.2, 0) is 11.2 Å². The highest BCUT2D eigenvalue weighted by atomic mass is 16.5. The van der Waals surface area contributed by atoms with Gasteiger partial charge in [-0.05, 0) is 59.5 Å². The second-order valence-corrected chi connectivity index (χ2v) is 8.77. The molecule has 0 bridgehead atoms. The predicted octanol–water partition coefficient (Wildman–Crippen LogP) is 4.63. The lowest BCUT2D eigenvalue weighted by Gasteiger charge is -2.31. The van der Waals surface area contributed by atoms with Gasteiger partial charge < -0.3 is 19.5 Å². The van der Waals surface area contributed by atoms with Gasteiger partial charge in [0, 0.05) is 0 Å². The van der Waals surface area contributed by atoms with E-state index in [9.17, 15) is 4.79 Å². The number of hydrogen-bond acceptors (Lipinski definition) is 7. The highest BCUT2D eigenvalue weighted by Gasteiger charge is 2.31. The minimum absolute atomic E-state index is 0.00226. The van der Waals surface area contributed by atoms with Gasteiger partial charge in [0.2, 0.25) is 11.9 Å². The topological polar surface area (TPSA) is 99.5 Å². The molecule has 5 rings (SSSR count). The van der Waals surface area contributed by atoms with E-state index in [0.29, 0.717) is 5.95 Å². The Morgan fingerprint density at radius 1 is 0.865 bits per heavy atom. The molecule has 37 heavy (non-hydrogen) atoms. The van der Waals surface area contributed by atoms with Gasteiger partial charge in [-0.3, -0.25) is 10.1 Å². The predicted molar refractivity (Wildman–Crippen MR) is 140 cm³/mol. The van der Waals surface area contributed by atoms with Crippen LogP contribution in [0.4, 0.5) is 11.9 Å². The Labute approximate surface area is 215 Å². The molecule has 190 valence electrons. The van der Waals surface area contributed by atoms with E-state index in [1.165, 1.54) is 0 Å². The second kappa shape index (κ2) is 10.6. The van der Waals surface area contributed by atoms with Crippen molar-refractivity contribution >= 4 is 17.8 Å². The Balaban J connectivity index is 1.40. The van der Waals surface area contributed by atoms with Gasteiger partial charge in [-0.15, -0.1) is 5.10 Å². The Kier molecular flexibility index (Phi) is 6.93. The molecule has 2 N–H and O–H groups in total. The number of aromatic nitrogens is 3. The average molecular weight is 500 g/mol. The summed E-state index contributed by atoms with van der Waals surface area (Å²) in [5.74, 6) is 2.99. The fourth-order valence-corrected chi connectivity index (χ4v) is 4.49. The van der Waals surface area contributed by atoms with Crippen LogP contribution < -0.4 is 24.8 Å². The highest BCUT2D eigenvalue weighted by molar-refractivity contribution is 5.90. The first-order chi connectivity index (χ1) is 18.1. The lowest BCUT2D eigenvalue weighted by molar-refractivity contribution is -0.115. The van der Waals surface area contributed by atoms with Crippen molar-refractivity contribution in [1.29, 1.82) is 0 Å². The molecule has 4 aromatic rings. The number of ether oxygens (including phenoxy) is 3. The van der Waals surface area contributed by atoms with E-state index in [-0.39, 0.29) is 30.4 Å². The van der Waals surface area contributed by atoms with Crippen LogP contribution in [0.2, 0.25) is 0 Å². The van der Waals surface area contributed by atoms with Crippen molar-refractivity contribution in [3.8, 4) is 17.2 Å². The summed E-state index contributed by atoms with van der Waals surface area (Å²) in [6.07, 6.45) is 0.950. The molecule has 0 saturated heterocycles. The number of hydrogen-bond donors (Lipinski definition) is 2. The molecule has 9 heteroatoms. The van der Waals surface area contributed by atoms with E-state index in [2.05, 4.69) is 20.7 Å². The zero-order valence-electron chi connectivity index (χ0n) is 21.0. The SMILES string of the molecule is COc1ccc(CC(=O)Nc2nc3n(n2)[C@@H](c2ccc(OC)cc2)C[C@@H](c2ccc(OC)cc2)N3)cc1. The van der Waals surface area contributed by atoms with E-state index in [4.69, 9.17) is 14.2 Å². The fourth-order valence-electron chi connectivity index (χ4n) is 4.49. The van der Waals surface area contributed by atoms with E-state index in [1.54, 1.807) is 21.3 Å². The first-order valence-electron chi connectivity index (χ1n) is 12.0. The van der Waals surface area contributed by atoms with Gasteiger partial charge in [0.05, 0.1) is 39.8 Å². The Bertz CT molecular complexity index is 1350. The number of fused-ring (bicyclic) bond motifs is 1. The van der Waals surface area contributed by atoms with Gasteiger partial charge in [0.25, 0.3) is 5.95 Å². The molecular weight excluding hydrogens is 470 g/mol. The summed E-state index contributed by atoms with van der Waals surface area (Å²) in [7, 11) is 4.91. The number of amides is 1. The standard InChI is InChI=1S/C28H29N5O4/c1-35-21-10-4-18(5-11-21)16-26(34)30-27-31-28-29-24(19-6-12-22(36-2)13-7-19)17-25(33(28)32-27)20-8-14-23(37-3)15-9-20/h4-15,24-25H,16-17H2,1-3H3,(H2,29,30,31,32,34)/t24-,25+/m0/s1. The number of nitrogens with zero attached hydrogens (tertiary/aromatic N) is 3. The molecule has 0 radical (unpaired) electrons. The maximum absolute atomic E-state index is 12.7. The minimum atomic E-state index is -0.194. The van der Waals surface area contributed by atoms with E-state index in [1.807, 2.05) is 77.5 Å². The van der Waals surface area contributed by atoms with Crippen molar-refractivity contribution in [3.05, 3.63) is 89.5 Å². The zero-order chi connectivity index (χ0) is 25.8. The summed E-state index contributed by atoms with van der Waals surface area (Å²) >= 11 is 0. The average Bonchev–Trinajstić information content (AvgIpc) is 3.35. The van der Waals surface area contributed by atoms with Crippen LogP contribution in [0, 0.1) is 0 Å². The lowest BCUT2D eigenvalue weighted by Crippen LogP contribution is -2.28.